The Kier molecular flexibility index (Phi) is 6.41. The highest BCUT2D eigenvalue weighted by molar-refractivity contribution is 5.95. The molecule has 1 N–H and O–H groups in total. The van der Waals surface area contributed by atoms with Gasteiger partial charge in [-0.3, -0.25) is 4.79 Å². The number of carbonyl (C=O) groups excluding carboxylic acids is 1. The van der Waals surface area contributed by atoms with Crippen molar-refractivity contribution in [1.82, 2.24) is 0 Å². The van der Waals surface area contributed by atoms with Gasteiger partial charge in [0.25, 0.3) is 0 Å². The molecule has 0 saturated carbocycles. The molecule has 5 nitrogen and oxygen atoms in total. The quantitative estimate of drug-likeness (QED) is 0.837. The van der Waals surface area contributed by atoms with E-state index >= 15 is 0 Å². The summed E-state index contributed by atoms with van der Waals surface area (Å²) in [5.74, 6) is 0.131. The van der Waals surface area contributed by atoms with Crippen molar-refractivity contribution in [3.8, 4) is 17.6 Å². The number of anilines is 1. The molecule has 1 atom stereocenters. The maximum Gasteiger partial charge on any atom is 0.242 e. The minimum Gasteiger partial charge on any atom is -0.497 e. The average Bonchev–Trinajstić information content (AvgIpc) is 2.66. The third-order valence-corrected chi connectivity index (χ3v) is 4.04. The lowest BCUT2D eigenvalue weighted by molar-refractivity contribution is -0.118. The summed E-state index contributed by atoms with van der Waals surface area (Å²) in [5.41, 5.74) is 2.53. The molecule has 0 aliphatic carbocycles. The van der Waals surface area contributed by atoms with Gasteiger partial charge in [0, 0.05) is 12.1 Å². The molecule has 0 aliphatic heterocycles. The maximum atomic E-state index is 12.6. The normalized spacial score (nSPS) is 11.3. The number of hydrogen-bond acceptors (Lipinski definition) is 4. The van der Waals surface area contributed by atoms with Crippen LogP contribution in [0, 0.1) is 17.2 Å². The van der Waals surface area contributed by atoms with Gasteiger partial charge in [0.15, 0.2) is 0 Å². The molecule has 1 unspecified atom stereocenters. The zero-order valence-corrected chi connectivity index (χ0v) is 14.7. The summed E-state index contributed by atoms with van der Waals surface area (Å²) >= 11 is 0. The van der Waals surface area contributed by atoms with Crippen LogP contribution in [0.4, 0.5) is 5.69 Å². The Hall–Kier alpha value is -3.00. The second kappa shape index (κ2) is 8.74. The van der Waals surface area contributed by atoms with Crippen LogP contribution < -0.4 is 14.8 Å². The van der Waals surface area contributed by atoms with Crippen molar-refractivity contribution in [2.45, 2.75) is 19.8 Å². The zero-order chi connectivity index (χ0) is 18.2. The number of aryl methyl sites for hydroxylation is 1. The van der Waals surface area contributed by atoms with Gasteiger partial charge in [-0.25, -0.2) is 0 Å². The van der Waals surface area contributed by atoms with Crippen LogP contribution in [0.25, 0.3) is 0 Å². The van der Waals surface area contributed by atoms with Crippen molar-refractivity contribution >= 4 is 11.6 Å². The molecule has 2 rings (SSSR count). The largest absolute Gasteiger partial charge is 0.497 e. The number of amides is 1. The Labute approximate surface area is 148 Å². The number of rotatable bonds is 7. The average molecular weight is 338 g/mol. The number of nitrogens with zero attached hydrogens (tertiary/aromatic N) is 1. The number of nitrogens with one attached hydrogen (secondary N) is 1. The van der Waals surface area contributed by atoms with E-state index in [1.54, 1.807) is 32.4 Å². The van der Waals surface area contributed by atoms with Crippen LogP contribution in [0.1, 0.15) is 18.1 Å². The van der Waals surface area contributed by atoms with Crippen LogP contribution in [0.3, 0.4) is 0 Å². The first-order valence-corrected chi connectivity index (χ1v) is 8.12. The summed E-state index contributed by atoms with van der Waals surface area (Å²) in [6.45, 7) is 2.02. The highest BCUT2D eigenvalue weighted by atomic mass is 16.5. The lowest BCUT2D eigenvalue weighted by atomic mass is 9.98. The van der Waals surface area contributed by atoms with Gasteiger partial charge in [0.1, 0.15) is 17.4 Å². The van der Waals surface area contributed by atoms with Gasteiger partial charge in [0.2, 0.25) is 5.91 Å². The van der Waals surface area contributed by atoms with E-state index in [1.165, 1.54) is 0 Å². The van der Waals surface area contributed by atoms with Gasteiger partial charge in [-0.1, -0.05) is 25.1 Å². The predicted octanol–water partition coefficient (Wildman–Crippen LogP) is 3.59. The molecule has 0 aromatic heterocycles. The van der Waals surface area contributed by atoms with Gasteiger partial charge in [-0.15, -0.1) is 0 Å². The van der Waals surface area contributed by atoms with Crippen molar-refractivity contribution < 1.29 is 14.3 Å². The topological polar surface area (TPSA) is 71.4 Å². The Morgan fingerprint density at radius 2 is 1.92 bits per heavy atom. The number of nitriles is 1. The van der Waals surface area contributed by atoms with Crippen LogP contribution in [0.2, 0.25) is 0 Å². The smallest absolute Gasteiger partial charge is 0.242 e. The summed E-state index contributed by atoms with van der Waals surface area (Å²) in [6, 6.07) is 15.0. The molecule has 0 heterocycles. The molecule has 0 saturated heterocycles. The zero-order valence-electron chi connectivity index (χ0n) is 14.7. The molecular weight excluding hydrogens is 316 g/mol. The van der Waals surface area contributed by atoms with E-state index in [0.717, 1.165) is 23.2 Å². The number of benzene rings is 2. The molecule has 0 aliphatic rings. The molecule has 0 spiro atoms. The maximum absolute atomic E-state index is 12.6. The van der Waals surface area contributed by atoms with Gasteiger partial charge in [-0.05, 0) is 41.8 Å². The summed E-state index contributed by atoms with van der Waals surface area (Å²) in [4.78, 5) is 12.6. The molecule has 130 valence electrons. The van der Waals surface area contributed by atoms with Gasteiger partial charge in [0.05, 0.1) is 20.3 Å². The molecule has 0 radical (unpaired) electrons. The molecule has 2 aromatic carbocycles. The van der Waals surface area contributed by atoms with E-state index < -0.39 is 5.92 Å². The highest BCUT2D eigenvalue weighted by Crippen LogP contribution is 2.27. The van der Waals surface area contributed by atoms with Crippen molar-refractivity contribution in [1.29, 1.82) is 5.26 Å². The first-order valence-electron chi connectivity index (χ1n) is 8.12. The van der Waals surface area contributed by atoms with E-state index in [4.69, 9.17) is 9.47 Å². The Balaban J connectivity index is 2.20. The summed E-state index contributed by atoms with van der Waals surface area (Å²) in [6.07, 6.45) is 1.05. The van der Waals surface area contributed by atoms with Gasteiger partial charge in [-0.2, -0.15) is 5.26 Å². The lowest BCUT2D eigenvalue weighted by Crippen LogP contribution is -2.24. The first kappa shape index (κ1) is 18.3. The van der Waals surface area contributed by atoms with Crippen LogP contribution in [0.5, 0.6) is 11.5 Å². The molecule has 1 amide bonds. The lowest BCUT2D eigenvalue weighted by Gasteiger charge is -2.15. The second-order valence-electron chi connectivity index (χ2n) is 5.56. The Bertz CT molecular complexity index is 781. The predicted molar refractivity (Wildman–Crippen MR) is 96.8 cm³/mol. The summed E-state index contributed by atoms with van der Waals surface area (Å²) in [7, 11) is 3.13. The number of hydrogen-bond donors (Lipinski definition) is 1. The van der Waals surface area contributed by atoms with E-state index in [2.05, 4.69) is 11.4 Å². The minimum absolute atomic E-state index is 0.247. The van der Waals surface area contributed by atoms with Crippen molar-refractivity contribution in [2.75, 3.05) is 19.5 Å². The molecule has 0 fully saturated rings. The fraction of sp³-hybridized carbons (Fsp3) is 0.300. The first-order chi connectivity index (χ1) is 12.1. The van der Waals surface area contributed by atoms with E-state index in [0.29, 0.717) is 11.5 Å². The SMILES string of the molecule is CCc1ccccc1NC(=O)C(C#N)Cc1cc(OC)ccc1OC. The van der Waals surface area contributed by atoms with Gasteiger partial charge < -0.3 is 14.8 Å². The monoisotopic (exact) mass is 338 g/mol. The standard InChI is InChI=1S/C20H22N2O3/c1-4-14-7-5-6-8-18(14)22-20(23)16(13-21)11-15-12-17(24-2)9-10-19(15)25-3/h5-10,12,16H,4,11H2,1-3H3,(H,22,23). The van der Waals surface area contributed by atoms with Crippen LogP contribution in [0.15, 0.2) is 42.5 Å². The summed E-state index contributed by atoms with van der Waals surface area (Å²) in [5, 5.41) is 12.3. The van der Waals surface area contributed by atoms with Gasteiger partial charge >= 0.3 is 0 Å². The fourth-order valence-electron chi connectivity index (χ4n) is 2.63. The minimum atomic E-state index is -0.828. The summed E-state index contributed by atoms with van der Waals surface area (Å²) < 4.78 is 10.5. The van der Waals surface area contributed by atoms with E-state index in [1.807, 2.05) is 31.2 Å². The van der Waals surface area contributed by atoms with E-state index in [-0.39, 0.29) is 12.3 Å². The molecular formula is C20H22N2O3. The molecule has 5 heteroatoms. The molecule has 0 bridgehead atoms. The van der Waals surface area contributed by atoms with Crippen molar-refractivity contribution in [2.24, 2.45) is 5.92 Å². The third-order valence-electron chi connectivity index (χ3n) is 4.04. The van der Waals surface area contributed by atoms with Crippen LogP contribution >= 0.6 is 0 Å². The van der Waals surface area contributed by atoms with Crippen LogP contribution in [-0.2, 0) is 17.6 Å². The molecule has 2 aromatic rings. The number of para-hydroxylation sites is 1. The highest BCUT2D eigenvalue weighted by Gasteiger charge is 2.21. The number of carbonyl (C=O) groups is 1. The van der Waals surface area contributed by atoms with Crippen molar-refractivity contribution in [3.63, 3.8) is 0 Å². The second-order valence-corrected chi connectivity index (χ2v) is 5.56. The third kappa shape index (κ3) is 4.51. The molecule has 25 heavy (non-hydrogen) atoms. The Morgan fingerprint density at radius 3 is 2.56 bits per heavy atom. The van der Waals surface area contributed by atoms with E-state index in [9.17, 15) is 10.1 Å². The van der Waals surface area contributed by atoms with Crippen molar-refractivity contribution in [3.05, 3.63) is 53.6 Å². The Morgan fingerprint density at radius 1 is 1.16 bits per heavy atom. The number of methoxy groups -OCH3 is 2. The number of ether oxygens (including phenoxy) is 2. The van der Waals surface area contributed by atoms with Crippen LogP contribution in [-0.4, -0.2) is 20.1 Å². The fourth-order valence-corrected chi connectivity index (χ4v) is 2.63.